The Bertz CT molecular complexity index is 835. The number of nitrogens with one attached hydrogen (secondary N) is 1. The van der Waals surface area contributed by atoms with Crippen LogP contribution in [0, 0.1) is 17.7 Å². The molecule has 0 bridgehead atoms. The van der Waals surface area contributed by atoms with E-state index in [-0.39, 0.29) is 55.1 Å². The smallest absolute Gasteiger partial charge is 0.414 e. The summed E-state index contributed by atoms with van der Waals surface area (Å²) in [6.07, 6.45) is -1.02. The van der Waals surface area contributed by atoms with Gasteiger partial charge in [0, 0.05) is 27.1 Å². The van der Waals surface area contributed by atoms with Crippen molar-refractivity contribution in [2.45, 2.75) is 18.9 Å². The fourth-order valence-electron chi connectivity index (χ4n) is 4.46. The largest absolute Gasteiger partial charge is 0.442 e. The minimum Gasteiger partial charge on any atom is -0.442 e. The zero-order chi connectivity index (χ0) is 20.7. The maximum atomic E-state index is 14.8. The molecule has 3 fully saturated rings. The summed E-state index contributed by atoms with van der Waals surface area (Å²) in [5.41, 5.74) is 1.06. The van der Waals surface area contributed by atoms with Gasteiger partial charge < -0.3 is 19.7 Å². The average Bonchev–Trinajstić information content (AvgIpc) is 3.01. The number of carbonyl (C=O) groups excluding carboxylic acids is 3. The minimum atomic E-state index is -0.553. The van der Waals surface area contributed by atoms with Crippen LogP contribution in [0.4, 0.5) is 14.9 Å². The van der Waals surface area contributed by atoms with E-state index < -0.39 is 12.2 Å². The second kappa shape index (κ2) is 7.62. The number of hydrogen-bond donors (Lipinski definition) is 1. The Morgan fingerprint density at radius 3 is 2.62 bits per heavy atom. The van der Waals surface area contributed by atoms with Crippen LogP contribution >= 0.6 is 0 Å². The SMILES string of the molecule is COCC(=O)N1C[C@@H]2C(c3ccc(N4C[C@H](CNC(C)=O)OC4=O)cc3F)[C@@H]2C1. The first-order chi connectivity index (χ1) is 13.9. The summed E-state index contributed by atoms with van der Waals surface area (Å²) in [5, 5.41) is 2.61. The summed E-state index contributed by atoms with van der Waals surface area (Å²) in [5.74, 6) is 0.0661. The molecule has 29 heavy (non-hydrogen) atoms. The molecular weight excluding hydrogens is 381 g/mol. The molecule has 0 aromatic heterocycles. The Morgan fingerprint density at radius 1 is 1.28 bits per heavy atom. The minimum absolute atomic E-state index is 0.0318. The first kappa shape index (κ1) is 19.6. The first-order valence-corrected chi connectivity index (χ1v) is 9.67. The number of cyclic esters (lactones) is 1. The number of hydrogen-bond acceptors (Lipinski definition) is 5. The lowest BCUT2D eigenvalue weighted by atomic mass is 10.0. The molecule has 1 aromatic carbocycles. The Balaban J connectivity index is 1.38. The number of benzene rings is 1. The predicted molar refractivity (Wildman–Crippen MR) is 101 cm³/mol. The van der Waals surface area contributed by atoms with E-state index in [1.165, 1.54) is 25.0 Å². The third-order valence-electron chi connectivity index (χ3n) is 5.92. The van der Waals surface area contributed by atoms with Crippen LogP contribution in [0.3, 0.4) is 0 Å². The number of ether oxygens (including phenoxy) is 2. The van der Waals surface area contributed by atoms with Gasteiger partial charge in [0.25, 0.3) is 0 Å². The quantitative estimate of drug-likeness (QED) is 0.766. The van der Waals surface area contributed by atoms with Crippen LogP contribution in [0.25, 0.3) is 0 Å². The van der Waals surface area contributed by atoms with Gasteiger partial charge in [-0.2, -0.15) is 0 Å². The van der Waals surface area contributed by atoms with Gasteiger partial charge in [0.15, 0.2) is 0 Å². The van der Waals surface area contributed by atoms with Crippen molar-refractivity contribution in [2.75, 3.05) is 44.8 Å². The number of rotatable bonds is 6. The summed E-state index contributed by atoms with van der Waals surface area (Å²) < 4.78 is 24.9. The summed E-state index contributed by atoms with van der Waals surface area (Å²) in [6.45, 7) is 3.19. The molecule has 156 valence electrons. The molecule has 9 heteroatoms. The van der Waals surface area contributed by atoms with Crippen LogP contribution in [0.1, 0.15) is 18.4 Å². The lowest BCUT2D eigenvalue weighted by molar-refractivity contribution is -0.134. The Kier molecular flexibility index (Phi) is 5.16. The van der Waals surface area contributed by atoms with Crippen LogP contribution in [-0.2, 0) is 19.1 Å². The van der Waals surface area contributed by atoms with Gasteiger partial charge in [-0.25, -0.2) is 9.18 Å². The Labute approximate surface area is 167 Å². The van der Waals surface area contributed by atoms with E-state index in [1.807, 2.05) is 0 Å². The molecule has 1 N–H and O–H groups in total. The van der Waals surface area contributed by atoms with E-state index >= 15 is 0 Å². The first-order valence-electron chi connectivity index (χ1n) is 9.67. The van der Waals surface area contributed by atoms with E-state index in [0.29, 0.717) is 24.3 Å². The number of anilines is 1. The number of likely N-dealkylation sites (tertiary alicyclic amines) is 1. The van der Waals surface area contributed by atoms with Crippen molar-refractivity contribution in [1.29, 1.82) is 0 Å². The number of amides is 3. The summed E-state index contributed by atoms with van der Waals surface area (Å²) in [7, 11) is 1.49. The molecule has 2 heterocycles. The number of halogens is 1. The van der Waals surface area contributed by atoms with E-state index in [1.54, 1.807) is 17.0 Å². The number of nitrogens with zero attached hydrogens (tertiary/aromatic N) is 2. The van der Waals surface area contributed by atoms with Crippen LogP contribution in [0.5, 0.6) is 0 Å². The monoisotopic (exact) mass is 405 g/mol. The van der Waals surface area contributed by atoms with E-state index in [4.69, 9.17) is 9.47 Å². The van der Waals surface area contributed by atoms with Crippen molar-refractivity contribution in [3.8, 4) is 0 Å². The lowest BCUT2D eigenvalue weighted by Crippen LogP contribution is -2.34. The van der Waals surface area contributed by atoms with E-state index in [0.717, 1.165) is 0 Å². The lowest BCUT2D eigenvalue weighted by Gasteiger charge is -2.20. The van der Waals surface area contributed by atoms with Crippen molar-refractivity contribution in [2.24, 2.45) is 11.8 Å². The second-order valence-corrected chi connectivity index (χ2v) is 7.84. The number of carbonyl (C=O) groups is 3. The van der Waals surface area contributed by atoms with Crippen molar-refractivity contribution in [1.82, 2.24) is 10.2 Å². The molecule has 4 rings (SSSR count). The molecule has 3 amide bonds. The van der Waals surface area contributed by atoms with Crippen LogP contribution < -0.4 is 10.2 Å². The summed E-state index contributed by atoms with van der Waals surface area (Å²) in [4.78, 5) is 38.2. The third kappa shape index (κ3) is 3.78. The van der Waals surface area contributed by atoms with Crippen molar-refractivity contribution in [3.63, 3.8) is 0 Å². The summed E-state index contributed by atoms with van der Waals surface area (Å²) in [6, 6.07) is 4.81. The van der Waals surface area contributed by atoms with Crippen molar-refractivity contribution < 1.29 is 28.2 Å². The fourth-order valence-corrected chi connectivity index (χ4v) is 4.46. The highest BCUT2D eigenvalue weighted by molar-refractivity contribution is 5.90. The molecule has 8 nitrogen and oxygen atoms in total. The van der Waals surface area contributed by atoms with Gasteiger partial charge in [0.1, 0.15) is 18.5 Å². The Morgan fingerprint density at radius 2 is 2.00 bits per heavy atom. The maximum Gasteiger partial charge on any atom is 0.414 e. The van der Waals surface area contributed by atoms with Gasteiger partial charge in [-0.05, 0) is 35.4 Å². The highest BCUT2D eigenvalue weighted by atomic mass is 19.1. The molecule has 1 unspecified atom stereocenters. The predicted octanol–water partition coefficient (Wildman–Crippen LogP) is 1.11. The van der Waals surface area contributed by atoms with Crippen molar-refractivity contribution >= 4 is 23.6 Å². The number of piperidine rings is 1. The molecule has 0 spiro atoms. The molecule has 2 saturated heterocycles. The van der Waals surface area contributed by atoms with Gasteiger partial charge >= 0.3 is 6.09 Å². The average molecular weight is 405 g/mol. The van der Waals surface area contributed by atoms with Gasteiger partial charge in [0.05, 0.1) is 18.8 Å². The number of fused-ring (bicyclic) bond motifs is 1. The Hall–Kier alpha value is -2.68. The van der Waals surface area contributed by atoms with Crippen LogP contribution in [-0.4, -0.2) is 68.8 Å². The topological polar surface area (TPSA) is 88.2 Å². The van der Waals surface area contributed by atoms with Crippen molar-refractivity contribution in [3.05, 3.63) is 29.6 Å². The maximum absolute atomic E-state index is 14.8. The standard InChI is InChI=1S/C20H24FN3O5/c1-11(25)22-6-13-7-24(20(27)29-13)12-3-4-14(17(21)5-12)19-15-8-23(9-16(15)19)18(26)10-28-2/h3-5,13,15-16,19H,6-10H2,1-2H3,(H,22,25)/t13-,15-,16+,19?/m0/s1. The van der Waals surface area contributed by atoms with Crippen LogP contribution in [0.15, 0.2) is 18.2 Å². The highest BCUT2D eigenvalue weighted by Crippen LogP contribution is 2.58. The number of methoxy groups -OCH3 is 1. The normalized spacial score (nSPS) is 27.6. The third-order valence-corrected chi connectivity index (χ3v) is 5.92. The van der Waals surface area contributed by atoms with E-state index in [9.17, 15) is 18.8 Å². The zero-order valence-corrected chi connectivity index (χ0v) is 16.4. The zero-order valence-electron chi connectivity index (χ0n) is 16.4. The van der Waals surface area contributed by atoms with E-state index in [2.05, 4.69) is 5.32 Å². The van der Waals surface area contributed by atoms with Gasteiger partial charge in [-0.3, -0.25) is 14.5 Å². The fraction of sp³-hybridized carbons (Fsp3) is 0.550. The molecule has 4 atom stereocenters. The molecule has 1 aliphatic carbocycles. The highest BCUT2D eigenvalue weighted by Gasteiger charge is 2.57. The molecule has 1 aromatic rings. The molecule has 3 aliphatic rings. The summed E-state index contributed by atoms with van der Waals surface area (Å²) >= 11 is 0. The van der Waals surface area contributed by atoms with Gasteiger partial charge in [0.2, 0.25) is 11.8 Å². The van der Waals surface area contributed by atoms with Gasteiger partial charge in [-0.1, -0.05) is 6.07 Å². The van der Waals surface area contributed by atoms with Crippen LogP contribution in [0.2, 0.25) is 0 Å². The second-order valence-electron chi connectivity index (χ2n) is 7.84. The molecule has 0 radical (unpaired) electrons. The molecule has 1 saturated carbocycles. The molecular formula is C20H24FN3O5. The van der Waals surface area contributed by atoms with Gasteiger partial charge in [-0.15, -0.1) is 0 Å². The molecule has 2 aliphatic heterocycles.